The molecule has 0 spiro atoms. The molecule has 4 fully saturated rings. The summed E-state index contributed by atoms with van der Waals surface area (Å²) >= 11 is 0. The molecule has 0 radical (unpaired) electrons. The summed E-state index contributed by atoms with van der Waals surface area (Å²) in [5.74, 6) is 1.62. The van der Waals surface area contributed by atoms with Crippen LogP contribution in [-0.2, 0) is 0 Å². The van der Waals surface area contributed by atoms with E-state index in [1.54, 1.807) is 31.5 Å². The molecule has 32 heavy (non-hydrogen) atoms. The molecule has 2 aromatic heterocycles. The zero-order valence-corrected chi connectivity index (χ0v) is 18.4. The number of aromatic nitrogens is 2. The Kier molecular flexibility index (Phi) is 5.03. The highest BCUT2D eigenvalue weighted by atomic mass is 16.6. The molecule has 8 nitrogen and oxygen atoms in total. The van der Waals surface area contributed by atoms with Crippen molar-refractivity contribution in [2.24, 2.45) is 11.8 Å². The molecule has 0 aromatic carbocycles. The van der Waals surface area contributed by atoms with Gasteiger partial charge in [0.25, 0.3) is 5.91 Å². The minimum Gasteiger partial charge on any atom is -0.497 e. The maximum atomic E-state index is 13.0. The van der Waals surface area contributed by atoms with Crippen LogP contribution in [0, 0.1) is 18.8 Å². The van der Waals surface area contributed by atoms with Crippen molar-refractivity contribution in [1.82, 2.24) is 20.6 Å². The topological polar surface area (TPSA) is 102 Å². The largest absolute Gasteiger partial charge is 0.497 e. The van der Waals surface area contributed by atoms with Gasteiger partial charge >= 0.3 is 6.09 Å². The molecule has 4 aliphatic carbocycles. The molecule has 2 unspecified atom stereocenters. The normalized spacial score (nSPS) is 29.9. The lowest BCUT2D eigenvalue weighted by Gasteiger charge is -2.61. The predicted octanol–water partition coefficient (Wildman–Crippen LogP) is 3.40. The van der Waals surface area contributed by atoms with Crippen LogP contribution in [0.25, 0.3) is 0 Å². The lowest BCUT2D eigenvalue weighted by atomic mass is 9.50. The molecule has 2 heterocycles. The van der Waals surface area contributed by atoms with Crippen LogP contribution in [0.2, 0.25) is 0 Å². The fraction of sp³-hybridized carbons (Fsp3) is 0.500. The Morgan fingerprint density at radius 1 is 1.06 bits per heavy atom. The highest BCUT2D eigenvalue weighted by Crippen LogP contribution is 2.57. The number of rotatable bonds is 5. The van der Waals surface area contributed by atoms with Crippen molar-refractivity contribution in [3.8, 4) is 11.6 Å². The number of nitrogens with one attached hydrogen (secondary N) is 2. The van der Waals surface area contributed by atoms with Crippen molar-refractivity contribution in [3.63, 3.8) is 0 Å². The van der Waals surface area contributed by atoms with Crippen LogP contribution in [-0.4, -0.2) is 40.2 Å². The van der Waals surface area contributed by atoms with Gasteiger partial charge in [0.1, 0.15) is 11.4 Å². The van der Waals surface area contributed by atoms with Crippen LogP contribution in [0.1, 0.15) is 54.7 Å². The Bertz CT molecular complexity index is 1040. The SMILES string of the molecule is COc1ccnc(C(=O)NC23CC4CC(CC(NC(=O)Oc5cccc(C)n5)(C4)C2)C3)c1. The molecule has 168 valence electrons. The number of carbonyl (C=O) groups excluding carboxylic acids is 2. The van der Waals surface area contributed by atoms with Crippen LogP contribution in [0.5, 0.6) is 11.6 Å². The Balaban J connectivity index is 1.32. The number of methoxy groups -OCH3 is 1. The standard InChI is InChI=1S/C24H28N4O4/c1-15-4-3-5-20(26-15)32-22(30)28-24-12-16-8-17(13-24)11-23(10-16,14-24)27-21(29)19-9-18(31-2)6-7-25-19/h3-7,9,16-17H,8,10-14H2,1-2H3,(H,27,29)(H,28,30). The smallest absolute Gasteiger partial charge is 0.414 e. The van der Waals surface area contributed by atoms with Gasteiger partial charge in [-0.2, -0.15) is 0 Å². The fourth-order valence-corrected chi connectivity index (χ4v) is 6.43. The van der Waals surface area contributed by atoms with Crippen LogP contribution < -0.4 is 20.1 Å². The first-order chi connectivity index (χ1) is 15.4. The molecule has 2 amide bonds. The highest BCUT2D eigenvalue weighted by molar-refractivity contribution is 5.93. The summed E-state index contributed by atoms with van der Waals surface area (Å²) in [7, 11) is 1.57. The summed E-state index contributed by atoms with van der Waals surface area (Å²) in [4.78, 5) is 34.3. The quantitative estimate of drug-likeness (QED) is 0.745. The molecule has 4 saturated carbocycles. The predicted molar refractivity (Wildman–Crippen MR) is 117 cm³/mol. The molecule has 0 aliphatic heterocycles. The van der Waals surface area contributed by atoms with Gasteiger partial charge in [0, 0.05) is 35.1 Å². The lowest BCUT2D eigenvalue weighted by molar-refractivity contribution is -0.0450. The first-order valence-corrected chi connectivity index (χ1v) is 11.1. The van der Waals surface area contributed by atoms with Crippen molar-refractivity contribution in [3.05, 3.63) is 47.9 Å². The molecule has 8 heteroatoms. The first kappa shape index (κ1) is 20.7. The van der Waals surface area contributed by atoms with Gasteiger partial charge in [0.15, 0.2) is 0 Å². The Morgan fingerprint density at radius 3 is 2.47 bits per heavy atom. The number of nitrogens with zero attached hydrogens (tertiary/aromatic N) is 2. The van der Waals surface area contributed by atoms with Gasteiger partial charge in [0.2, 0.25) is 5.88 Å². The van der Waals surface area contributed by atoms with Gasteiger partial charge in [0.05, 0.1) is 7.11 Å². The Labute approximate surface area is 187 Å². The van der Waals surface area contributed by atoms with E-state index in [-0.39, 0.29) is 17.0 Å². The molecule has 4 aliphatic rings. The molecular formula is C24H28N4O4. The third kappa shape index (κ3) is 4.01. The van der Waals surface area contributed by atoms with E-state index in [0.29, 0.717) is 35.6 Å². The number of pyridine rings is 2. The Hall–Kier alpha value is -3.16. The molecule has 2 N–H and O–H groups in total. The molecule has 2 aromatic rings. The van der Waals surface area contributed by atoms with Gasteiger partial charge in [-0.3, -0.25) is 9.78 Å². The highest BCUT2D eigenvalue weighted by Gasteiger charge is 2.59. The number of hydrogen-bond acceptors (Lipinski definition) is 6. The van der Waals surface area contributed by atoms with E-state index in [0.717, 1.165) is 37.8 Å². The van der Waals surface area contributed by atoms with Crippen LogP contribution in [0.3, 0.4) is 0 Å². The average Bonchev–Trinajstić information content (AvgIpc) is 2.72. The van der Waals surface area contributed by atoms with E-state index >= 15 is 0 Å². The second-order valence-corrected chi connectivity index (χ2v) is 9.69. The van der Waals surface area contributed by atoms with Gasteiger partial charge < -0.3 is 20.1 Å². The van der Waals surface area contributed by atoms with E-state index in [1.807, 2.05) is 19.1 Å². The number of amides is 2. The number of aryl methyl sites for hydroxylation is 1. The average molecular weight is 437 g/mol. The number of carbonyl (C=O) groups is 2. The lowest BCUT2D eigenvalue weighted by Crippen LogP contribution is -2.70. The summed E-state index contributed by atoms with van der Waals surface area (Å²) in [6, 6.07) is 8.71. The van der Waals surface area contributed by atoms with E-state index in [1.165, 1.54) is 0 Å². The minimum absolute atomic E-state index is 0.201. The first-order valence-electron chi connectivity index (χ1n) is 11.1. The molecule has 2 atom stereocenters. The zero-order valence-electron chi connectivity index (χ0n) is 18.4. The molecular weight excluding hydrogens is 408 g/mol. The van der Waals surface area contributed by atoms with E-state index in [9.17, 15) is 9.59 Å². The van der Waals surface area contributed by atoms with Crippen molar-refractivity contribution < 1.29 is 19.1 Å². The fourth-order valence-electron chi connectivity index (χ4n) is 6.43. The van der Waals surface area contributed by atoms with Crippen molar-refractivity contribution in [2.45, 2.75) is 56.5 Å². The Morgan fingerprint density at radius 2 is 1.78 bits per heavy atom. The molecule has 0 saturated heterocycles. The van der Waals surface area contributed by atoms with Gasteiger partial charge in [-0.05, 0) is 69.4 Å². The van der Waals surface area contributed by atoms with Crippen LogP contribution in [0.15, 0.2) is 36.5 Å². The van der Waals surface area contributed by atoms with Crippen LogP contribution >= 0.6 is 0 Å². The summed E-state index contributed by atoms with van der Waals surface area (Å²) < 4.78 is 10.7. The van der Waals surface area contributed by atoms with Gasteiger partial charge in [-0.15, -0.1) is 0 Å². The van der Waals surface area contributed by atoms with Crippen molar-refractivity contribution in [2.75, 3.05) is 7.11 Å². The zero-order chi connectivity index (χ0) is 22.3. The van der Waals surface area contributed by atoms with E-state index < -0.39 is 6.09 Å². The molecule has 6 rings (SSSR count). The monoisotopic (exact) mass is 436 g/mol. The van der Waals surface area contributed by atoms with Crippen molar-refractivity contribution >= 4 is 12.0 Å². The second kappa shape index (κ2) is 7.76. The van der Waals surface area contributed by atoms with E-state index in [4.69, 9.17) is 9.47 Å². The summed E-state index contributed by atoms with van der Waals surface area (Å²) in [6.45, 7) is 1.85. The van der Waals surface area contributed by atoms with Gasteiger partial charge in [-0.25, -0.2) is 9.78 Å². The minimum atomic E-state index is -0.485. The number of ether oxygens (including phenoxy) is 2. The van der Waals surface area contributed by atoms with Crippen LogP contribution in [0.4, 0.5) is 4.79 Å². The summed E-state index contributed by atoms with van der Waals surface area (Å²) in [5, 5.41) is 6.45. The molecule has 4 bridgehead atoms. The summed E-state index contributed by atoms with van der Waals surface area (Å²) in [6.07, 6.45) is 6.61. The third-order valence-electron chi connectivity index (χ3n) is 7.07. The third-order valence-corrected chi connectivity index (χ3v) is 7.07. The summed E-state index contributed by atoms with van der Waals surface area (Å²) in [5.41, 5.74) is 0.408. The van der Waals surface area contributed by atoms with Gasteiger partial charge in [-0.1, -0.05) is 6.07 Å². The number of hydrogen-bond donors (Lipinski definition) is 2. The second-order valence-electron chi connectivity index (χ2n) is 9.69. The maximum absolute atomic E-state index is 13.0. The maximum Gasteiger partial charge on any atom is 0.414 e. The van der Waals surface area contributed by atoms with Crippen molar-refractivity contribution in [1.29, 1.82) is 0 Å². The van der Waals surface area contributed by atoms with E-state index in [2.05, 4.69) is 20.6 Å².